The predicted molar refractivity (Wildman–Crippen MR) is 95.4 cm³/mol. The Morgan fingerprint density at radius 3 is 2.17 bits per heavy atom. The van der Waals surface area contributed by atoms with E-state index in [1.807, 2.05) is 73.7 Å². The molecule has 0 unspecified atom stereocenters. The number of rotatable bonds is 3. The van der Waals surface area contributed by atoms with Crippen molar-refractivity contribution in [3.05, 3.63) is 83.9 Å². The van der Waals surface area contributed by atoms with Crippen LogP contribution >= 0.6 is 0 Å². The van der Waals surface area contributed by atoms with Crippen molar-refractivity contribution in [2.75, 3.05) is 11.1 Å². The zero-order valence-electron chi connectivity index (χ0n) is 12.9. The van der Waals surface area contributed by atoms with E-state index >= 15 is 0 Å². The molecule has 3 aromatic rings. The van der Waals surface area contributed by atoms with Gasteiger partial charge in [-0.05, 0) is 47.9 Å². The van der Waals surface area contributed by atoms with Crippen LogP contribution in [0, 0.1) is 6.92 Å². The number of amides is 1. The van der Waals surface area contributed by atoms with E-state index in [9.17, 15) is 4.79 Å². The van der Waals surface area contributed by atoms with Gasteiger partial charge in [-0.2, -0.15) is 0 Å². The highest BCUT2D eigenvalue weighted by atomic mass is 16.1. The Hall–Kier alpha value is -3.07. The summed E-state index contributed by atoms with van der Waals surface area (Å²) in [6, 6.07) is 23.1. The first-order valence-corrected chi connectivity index (χ1v) is 7.46. The van der Waals surface area contributed by atoms with E-state index in [1.54, 1.807) is 6.07 Å². The second-order valence-electron chi connectivity index (χ2n) is 5.47. The number of carbonyl (C=O) groups is 1. The number of aryl methyl sites for hydroxylation is 1. The molecule has 0 aliphatic heterocycles. The summed E-state index contributed by atoms with van der Waals surface area (Å²) >= 11 is 0. The first kappa shape index (κ1) is 14.9. The third-order valence-corrected chi connectivity index (χ3v) is 3.79. The second kappa shape index (κ2) is 6.36. The highest BCUT2D eigenvalue weighted by molar-refractivity contribution is 6.04. The Bertz CT molecular complexity index is 824. The maximum atomic E-state index is 12.3. The topological polar surface area (TPSA) is 55.1 Å². The number of nitrogens with one attached hydrogen (secondary N) is 1. The molecule has 0 heterocycles. The minimum Gasteiger partial charge on any atom is -0.398 e. The van der Waals surface area contributed by atoms with Crippen LogP contribution in [0.5, 0.6) is 0 Å². The Balaban J connectivity index is 1.76. The van der Waals surface area contributed by atoms with Crippen LogP contribution in [-0.2, 0) is 0 Å². The van der Waals surface area contributed by atoms with Crippen LogP contribution in [0.3, 0.4) is 0 Å². The number of carbonyl (C=O) groups excluding carboxylic acids is 1. The number of benzene rings is 3. The number of anilines is 2. The molecule has 3 N–H and O–H groups in total. The Morgan fingerprint density at radius 2 is 1.52 bits per heavy atom. The maximum Gasteiger partial charge on any atom is 0.255 e. The second-order valence-corrected chi connectivity index (χ2v) is 5.47. The van der Waals surface area contributed by atoms with Crippen molar-refractivity contribution in [2.45, 2.75) is 6.92 Å². The fourth-order valence-electron chi connectivity index (χ4n) is 2.37. The monoisotopic (exact) mass is 302 g/mol. The van der Waals surface area contributed by atoms with Crippen LogP contribution < -0.4 is 11.1 Å². The summed E-state index contributed by atoms with van der Waals surface area (Å²) in [4.78, 5) is 12.3. The van der Waals surface area contributed by atoms with Gasteiger partial charge >= 0.3 is 0 Å². The molecule has 0 bridgehead atoms. The number of hydrogen-bond acceptors (Lipinski definition) is 2. The van der Waals surface area contributed by atoms with Crippen molar-refractivity contribution in [2.24, 2.45) is 0 Å². The molecule has 3 nitrogen and oxygen atoms in total. The van der Waals surface area contributed by atoms with Gasteiger partial charge in [0.1, 0.15) is 0 Å². The number of nitrogens with two attached hydrogens (primary N) is 1. The zero-order chi connectivity index (χ0) is 16.2. The molecule has 3 heteroatoms. The van der Waals surface area contributed by atoms with E-state index in [0.29, 0.717) is 16.9 Å². The third-order valence-electron chi connectivity index (χ3n) is 3.79. The smallest absolute Gasteiger partial charge is 0.255 e. The van der Waals surface area contributed by atoms with Gasteiger partial charge in [-0.15, -0.1) is 0 Å². The van der Waals surface area contributed by atoms with Gasteiger partial charge in [-0.1, -0.05) is 48.5 Å². The van der Waals surface area contributed by atoms with E-state index in [0.717, 1.165) is 16.7 Å². The van der Waals surface area contributed by atoms with Crippen molar-refractivity contribution in [3.63, 3.8) is 0 Å². The first-order valence-electron chi connectivity index (χ1n) is 7.46. The van der Waals surface area contributed by atoms with Crippen molar-refractivity contribution < 1.29 is 4.79 Å². The van der Waals surface area contributed by atoms with Crippen molar-refractivity contribution in [1.29, 1.82) is 0 Å². The van der Waals surface area contributed by atoms with Crippen molar-refractivity contribution >= 4 is 17.3 Å². The molecule has 0 fully saturated rings. The van der Waals surface area contributed by atoms with E-state index in [4.69, 9.17) is 5.73 Å². The average Bonchev–Trinajstić information content (AvgIpc) is 2.59. The summed E-state index contributed by atoms with van der Waals surface area (Å²) in [5, 5.41) is 2.87. The summed E-state index contributed by atoms with van der Waals surface area (Å²) in [6.45, 7) is 1.93. The van der Waals surface area contributed by atoms with Gasteiger partial charge in [0.05, 0.1) is 0 Å². The normalized spacial score (nSPS) is 10.3. The molecule has 0 aromatic heterocycles. The lowest BCUT2D eigenvalue weighted by molar-refractivity contribution is 0.102. The molecule has 114 valence electrons. The Labute approximate surface area is 135 Å². The number of hydrogen-bond donors (Lipinski definition) is 2. The standard InChI is InChI=1S/C20H18N2O/c1-14-7-12-18(13-19(14)21)22-20(23)17-10-8-16(9-11-17)15-5-3-2-4-6-15/h2-13H,21H2,1H3,(H,22,23). The molecular weight excluding hydrogens is 284 g/mol. The van der Waals surface area contributed by atoms with Crippen LogP contribution in [-0.4, -0.2) is 5.91 Å². The summed E-state index contributed by atoms with van der Waals surface area (Å²) in [6.07, 6.45) is 0. The molecule has 3 rings (SSSR count). The van der Waals surface area contributed by atoms with Crippen LogP contribution in [0.15, 0.2) is 72.8 Å². The van der Waals surface area contributed by atoms with E-state index in [1.165, 1.54) is 0 Å². The molecule has 0 aliphatic rings. The molecule has 0 spiro atoms. The molecule has 1 amide bonds. The van der Waals surface area contributed by atoms with Gasteiger partial charge in [-0.25, -0.2) is 0 Å². The van der Waals surface area contributed by atoms with E-state index in [-0.39, 0.29) is 5.91 Å². The maximum absolute atomic E-state index is 12.3. The average molecular weight is 302 g/mol. The fraction of sp³-hybridized carbons (Fsp3) is 0.0500. The molecule has 0 saturated heterocycles. The molecule has 23 heavy (non-hydrogen) atoms. The van der Waals surface area contributed by atoms with E-state index in [2.05, 4.69) is 5.32 Å². The lowest BCUT2D eigenvalue weighted by Gasteiger charge is -2.08. The molecule has 0 aliphatic carbocycles. The van der Waals surface area contributed by atoms with Crippen LogP contribution in [0.4, 0.5) is 11.4 Å². The van der Waals surface area contributed by atoms with Gasteiger partial charge in [0.25, 0.3) is 5.91 Å². The van der Waals surface area contributed by atoms with Crippen LogP contribution in [0.2, 0.25) is 0 Å². The third kappa shape index (κ3) is 3.40. The quantitative estimate of drug-likeness (QED) is 0.700. The molecule has 0 saturated carbocycles. The first-order chi connectivity index (χ1) is 11.1. The molecular formula is C20H18N2O. The summed E-state index contributed by atoms with van der Waals surface area (Å²) in [7, 11) is 0. The van der Waals surface area contributed by atoms with Crippen LogP contribution in [0.25, 0.3) is 11.1 Å². The zero-order valence-corrected chi connectivity index (χ0v) is 12.9. The van der Waals surface area contributed by atoms with Gasteiger partial charge < -0.3 is 11.1 Å². The van der Waals surface area contributed by atoms with Gasteiger partial charge in [0, 0.05) is 16.9 Å². The molecule has 0 atom stereocenters. The summed E-state index contributed by atoms with van der Waals surface area (Å²) < 4.78 is 0. The SMILES string of the molecule is Cc1ccc(NC(=O)c2ccc(-c3ccccc3)cc2)cc1N. The van der Waals surface area contributed by atoms with Crippen molar-refractivity contribution in [3.8, 4) is 11.1 Å². The lowest BCUT2D eigenvalue weighted by atomic mass is 10.0. The fourth-order valence-corrected chi connectivity index (χ4v) is 2.37. The number of nitrogen functional groups attached to an aromatic ring is 1. The lowest BCUT2D eigenvalue weighted by Crippen LogP contribution is -2.12. The largest absolute Gasteiger partial charge is 0.398 e. The highest BCUT2D eigenvalue weighted by Crippen LogP contribution is 2.21. The Kier molecular flexibility index (Phi) is 4.11. The van der Waals surface area contributed by atoms with E-state index < -0.39 is 0 Å². The van der Waals surface area contributed by atoms with Gasteiger partial charge in [-0.3, -0.25) is 4.79 Å². The predicted octanol–water partition coefficient (Wildman–Crippen LogP) is 4.50. The van der Waals surface area contributed by atoms with Crippen LogP contribution in [0.1, 0.15) is 15.9 Å². The summed E-state index contributed by atoms with van der Waals surface area (Å²) in [5.41, 5.74) is 11.1. The Morgan fingerprint density at radius 1 is 0.870 bits per heavy atom. The van der Waals surface area contributed by atoms with Gasteiger partial charge in [0.15, 0.2) is 0 Å². The minimum absolute atomic E-state index is 0.145. The minimum atomic E-state index is -0.145. The summed E-state index contributed by atoms with van der Waals surface area (Å²) in [5.74, 6) is -0.145. The van der Waals surface area contributed by atoms with Crippen molar-refractivity contribution in [1.82, 2.24) is 0 Å². The van der Waals surface area contributed by atoms with Gasteiger partial charge in [0.2, 0.25) is 0 Å². The molecule has 3 aromatic carbocycles. The molecule has 0 radical (unpaired) electrons. The highest BCUT2D eigenvalue weighted by Gasteiger charge is 2.07.